The molecule has 0 fully saturated rings. The lowest BCUT2D eigenvalue weighted by Gasteiger charge is -2.22. The fourth-order valence-corrected chi connectivity index (χ4v) is 2.41. The number of nitrogens with zero attached hydrogens (tertiary/aromatic N) is 1. The van der Waals surface area contributed by atoms with Crippen LogP contribution in [0.5, 0.6) is 0 Å². The minimum atomic E-state index is -1.06. The number of benzene rings is 1. The molecule has 5 heteroatoms. The predicted molar refractivity (Wildman–Crippen MR) is 75.5 cm³/mol. The van der Waals surface area contributed by atoms with E-state index in [0.29, 0.717) is 17.8 Å². The van der Waals surface area contributed by atoms with Gasteiger partial charge in [-0.05, 0) is 31.2 Å². The van der Waals surface area contributed by atoms with Crippen LogP contribution in [0.4, 0.5) is 11.4 Å². The van der Waals surface area contributed by atoms with Crippen molar-refractivity contribution in [3.63, 3.8) is 0 Å². The van der Waals surface area contributed by atoms with Gasteiger partial charge in [0.2, 0.25) is 0 Å². The highest BCUT2D eigenvalue weighted by molar-refractivity contribution is 6.02. The molecule has 3 rings (SSSR count). The summed E-state index contributed by atoms with van der Waals surface area (Å²) < 4.78 is 5.36. The van der Waals surface area contributed by atoms with Crippen LogP contribution in [0.2, 0.25) is 0 Å². The Morgan fingerprint density at radius 1 is 1.40 bits per heavy atom. The molecule has 2 aromatic rings. The molecule has 0 radical (unpaired) electrons. The van der Waals surface area contributed by atoms with Gasteiger partial charge < -0.3 is 19.7 Å². The molecule has 104 valence electrons. The van der Waals surface area contributed by atoms with Gasteiger partial charge in [-0.1, -0.05) is 6.07 Å². The number of hydrogen-bond donors (Lipinski definition) is 2. The van der Waals surface area contributed by atoms with Gasteiger partial charge in [0.15, 0.2) is 6.10 Å². The number of carbonyl (C=O) groups excluding carboxylic acids is 1. The van der Waals surface area contributed by atoms with Crippen LogP contribution in [0.3, 0.4) is 0 Å². The number of carbonyl (C=O) groups is 1. The van der Waals surface area contributed by atoms with Gasteiger partial charge >= 0.3 is 0 Å². The van der Waals surface area contributed by atoms with Crippen LogP contribution in [0, 0.1) is 0 Å². The van der Waals surface area contributed by atoms with Gasteiger partial charge in [-0.3, -0.25) is 4.79 Å². The molecule has 1 atom stereocenters. The largest absolute Gasteiger partial charge is 0.467 e. The Morgan fingerprint density at radius 3 is 2.95 bits per heavy atom. The number of anilines is 2. The van der Waals surface area contributed by atoms with Crippen LogP contribution in [-0.2, 0) is 11.3 Å². The monoisotopic (exact) mass is 272 g/mol. The molecular weight excluding hydrogens is 256 g/mol. The number of amides is 1. The normalized spacial score (nSPS) is 16.9. The maximum atomic E-state index is 11.4. The lowest BCUT2D eigenvalue weighted by molar-refractivity contribution is -0.123. The van der Waals surface area contributed by atoms with Gasteiger partial charge in [0.05, 0.1) is 12.8 Å². The van der Waals surface area contributed by atoms with Gasteiger partial charge in [-0.2, -0.15) is 0 Å². The van der Waals surface area contributed by atoms with Crippen LogP contribution in [0.25, 0.3) is 0 Å². The number of furan rings is 1. The molecule has 0 spiro atoms. The Bertz CT molecular complexity index is 622. The summed E-state index contributed by atoms with van der Waals surface area (Å²) in [4.78, 5) is 13.6. The standard InChI is InChI=1S/C15H16N2O3/c1-2-17(9-11-4-3-7-20-11)10-5-6-12-13(8-10)16-15(19)14(12)18/h3-8,14,18H,2,9H2,1H3,(H,16,19). The first kappa shape index (κ1) is 12.7. The number of rotatable bonds is 4. The molecule has 2 N–H and O–H groups in total. The summed E-state index contributed by atoms with van der Waals surface area (Å²) in [6, 6.07) is 9.38. The SMILES string of the molecule is CCN(Cc1ccco1)c1ccc2c(c1)NC(=O)C2O. The summed E-state index contributed by atoms with van der Waals surface area (Å²) in [5.41, 5.74) is 2.29. The van der Waals surface area contributed by atoms with Gasteiger partial charge in [0.25, 0.3) is 5.91 Å². The van der Waals surface area contributed by atoms with Crippen molar-refractivity contribution in [2.24, 2.45) is 0 Å². The predicted octanol–water partition coefficient (Wildman–Crippen LogP) is 2.29. The van der Waals surface area contributed by atoms with E-state index in [4.69, 9.17) is 4.42 Å². The third-order valence-corrected chi connectivity index (χ3v) is 3.51. The van der Waals surface area contributed by atoms with Gasteiger partial charge in [-0.25, -0.2) is 0 Å². The van der Waals surface area contributed by atoms with Crippen molar-refractivity contribution in [3.8, 4) is 0 Å². The van der Waals surface area contributed by atoms with E-state index in [1.807, 2.05) is 24.3 Å². The van der Waals surface area contributed by atoms with E-state index in [1.165, 1.54) is 0 Å². The zero-order valence-electron chi connectivity index (χ0n) is 11.2. The Hall–Kier alpha value is -2.27. The zero-order chi connectivity index (χ0) is 14.1. The summed E-state index contributed by atoms with van der Waals surface area (Å²) in [5.74, 6) is 0.516. The minimum Gasteiger partial charge on any atom is -0.467 e. The number of fused-ring (bicyclic) bond motifs is 1. The Kier molecular flexibility index (Phi) is 3.20. The summed E-state index contributed by atoms with van der Waals surface area (Å²) >= 11 is 0. The van der Waals surface area contributed by atoms with Crippen molar-refractivity contribution in [1.29, 1.82) is 0 Å². The van der Waals surface area contributed by atoms with E-state index >= 15 is 0 Å². The highest BCUT2D eigenvalue weighted by Gasteiger charge is 2.28. The van der Waals surface area contributed by atoms with Crippen molar-refractivity contribution >= 4 is 17.3 Å². The molecule has 1 amide bonds. The average molecular weight is 272 g/mol. The van der Waals surface area contributed by atoms with E-state index < -0.39 is 6.10 Å². The first-order chi connectivity index (χ1) is 9.69. The van der Waals surface area contributed by atoms with E-state index in [9.17, 15) is 9.90 Å². The molecule has 1 unspecified atom stereocenters. The van der Waals surface area contributed by atoms with E-state index in [0.717, 1.165) is 18.0 Å². The molecule has 0 saturated heterocycles. The molecule has 1 aliphatic heterocycles. The number of hydrogen-bond acceptors (Lipinski definition) is 4. The maximum Gasteiger partial charge on any atom is 0.257 e. The van der Waals surface area contributed by atoms with Crippen molar-refractivity contribution in [1.82, 2.24) is 0 Å². The fourth-order valence-electron chi connectivity index (χ4n) is 2.41. The number of nitrogens with one attached hydrogen (secondary N) is 1. The summed E-state index contributed by atoms with van der Waals surface area (Å²) in [7, 11) is 0. The number of aliphatic hydroxyl groups excluding tert-OH is 1. The van der Waals surface area contributed by atoms with Crippen molar-refractivity contribution in [3.05, 3.63) is 47.9 Å². The summed E-state index contributed by atoms with van der Waals surface area (Å²) in [6.07, 6.45) is 0.599. The second kappa shape index (κ2) is 5.02. The number of aliphatic hydroxyl groups is 1. The molecule has 0 saturated carbocycles. The van der Waals surface area contributed by atoms with Gasteiger partial charge in [0, 0.05) is 23.5 Å². The Balaban J connectivity index is 1.86. The molecule has 0 aliphatic carbocycles. The maximum absolute atomic E-state index is 11.4. The first-order valence-electron chi connectivity index (χ1n) is 6.59. The molecule has 20 heavy (non-hydrogen) atoms. The van der Waals surface area contributed by atoms with Crippen LogP contribution in [-0.4, -0.2) is 17.6 Å². The second-order valence-corrected chi connectivity index (χ2v) is 4.76. The fraction of sp³-hybridized carbons (Fsp3) is 0.267. The average Bonchev–Trinajstić information content (AvgIpc) is 3.05. The molecule has 1 aromatic heterocycles. The summed E-state index contributed by atoms with van der Waals surface area (Å²) in [5, 5.41) is 12.4. The van der Waals surface area contributed by atoms with Crippen LogP contribution < -0.4 is 10.2 Å². The quantitative estimate of drug-likeness (QED) is 0.896. The Morgan fingerprint density at radius 2 is 2.25 bits per heavy atom. The molecular formula is C15H16N2O3. The smallest absolute Gasteiger partial charge is 0.257 e. The third-order valence-electron chi connectivity index (χ3n) is 3.51. The van der Waals surface area contributed by atoms with E-state index in [-0.39, 0.29) is 5.91 Å². The first-order valence-corrected chi connectivity index (χ1v) is 6.59. The lowest BCUT2D eigenvalue weighted by Crippen LogP contribution is -2.21. The molecule has 2 heterocycles. The van der Waals surface area contributed by atoms with Gasteiger partial charge in [-0.15, -0.1) is 0 Å². The third kappa shape index (κ3) is 2.16. The minimum absolute atomic E-state index is 0.369. The zero-order valence-corrected chi connectivity index (χ0v) is 11.2. The second-order valence-electron chi connectivity index (χ2n) is 4.76. The van der Waals surface area contributed by atoms with Crippen LogP contribution >= 0.6 is 0 Å². The molecule has 5 nitrogen and oxygen atoms in total. The van der Waals surface area contributed by atoms with Crippen molar-refractivity contribution in [2.75, 3.05) is 16.8 Å². The van der Waals surface area contributed by atoms with Crippen molar-refractivity contribution < 1.29 is 14.3 Å². The molecule has 1 aliphatic rings. The highest BCUT2D eigenvalue weighted by atomic mass is 16.3. The molecule has 0 bridgehead atoms. The van der Waals surface area contributed by atoms with E-state index in [2.05, 4.69) is 17.1 Å². The van der Waals surface area contributed by atoms with Crippen LogP contribution in [0.15, 0.2) is 41.0 Å². The molecule has 1 aromatic carbocycles. The summed E-state index contributed by atoms with van der Waals surface area (Å²) in [6.45, 7) is 3.54. The lowest BCUT2D eigenvalue weighted by atomic mass is 10.1. The van der Waals surface area contributed by atoms with E-state index in [1.54, 1.807) is 12.3 Å². The highest BCUT2D eigenvalue weighted by Crippen LogP contribution is 2.34. The van der Waals surface area contributed by atoms with Gasteiger partial charge in [0.1, 0.15) is 5.76 Å². The Labute approximate surface area is 116 Å². The van der Waals surface area contributed by atoms with Crippen LogP contribution in [0.1, 0.15) is 24.4 Å². The topological polar surface area (TPSA) is 65.7 Å². The van der Waals surface area contributed by atoms with Crippen molar-refractivity contribution in [2.45, 2.75) is 19.6 Å².